The van der Waals surface area contributed by atoms with E-state index in [1.807, 2.05) is 12.1 Å². The van der Waals surface area contributed by atoms with Crippen LogP contribution in [-0.4, -0.2) is 15.2 Å². The number of phenolic OH excluding ortho intramolecular Hbond substituents is 1. The molecule has 1 heterocycles. The van der Waals surface area contributed by atoms with Crippen LogP contribution in [0.15, 0.2) is 28.8 Å². The predicted octanol–water partition coefficient (Wildman–Crippen LogP) is 3.44. The zero-order valence-electron chi connectivity index (χ0n) is 11.4. The molecule has 0 radical (unpaired) electrons. The minimum absolute atomic E-state index is 0.257. The van der Waals surface area contributed by atoms with Gasteiger partial charge in [0, 0.05) is 11.6 Å². The average Bonchev–Trinajstić information content (AvgIpc) is 2.97. The molecule has 1 saturated carbocycles. The molecule has 1 aliphatic rings. The second-order valence-corrected chi connectivity index (χ2v) is 5.28. The van der Waals surface area contributed by atoms with Gasteiger partial charge in [-0.25, -0.2) is 0 Å². The van der Waals surface area contributed by atoms with E-state index in [0.717, 1.165) is 11.5 Å². The molecule has 0 amide bonds. The predicted molar refractivity (Wildman–Crippen MR) is 75.6 cm³/mol. The van der Waals surface area contributed by atoms with Gasteiger partial charge in [-0.2, -0.15) is 4.98 Å². The number of anilines is 1. The summed E-state index contributed by atoms with van der Waals surface area (Å²) < 4.78 is 5.29. The Morgan fingerprint density at radius 3 is 2.65 bits per heavy atom. The van der Waals surface area contributed by atoms with Gasteiger partial charge < -0.3 is 14.9 Å². The van der Waals surface area contributed by atoms with Gasteiger partial charge in [-0.3, -0.25) is 0 Å². The maximum atomic E-state index is 9.22. The number of aromatic hydroxyl groups is 1. The normalized spacial score (nSPS) is 16.2. The second kappa shape index (κ2) is 5.94. The third-order valence-corrected chi connectivity index (χ3v) is 3.77. The standard InChI is InChI=1S/C15H19N3O2/c19-13-8-6-12(7-9-13)16-10-14-17-15(18-20-14)11-4-2-1-3-5-11/h6-9,11,16,19H,1-5,10H2. The Kier molecular flexibility index (Phi) is 3.85. The number of phenols is 1. The van der Waals surface area contributed by atoms with E-state index in [4.69, 9.17) is 4.52 Å². The van der Waals surface area contributed by atoms with Crippen LogP contribution in [0.5, 0.6) is 5.75 Å². The van der Waals surface area contributed by atoms with Gasteiger partial charge in [0.25, 0.3) is 0 Å². The third kappa shape index (κ3) is 3.10. The van der Waals surface area contributed by atoms with Crippen molar-refractivity contribution in [2.45, 2.75) is 44.6 Å². The molecule has 2 aromatic rings. The van der Waals surface area contributed by atoms with Gasteiger partial charge in [0.2, 0.25) is 5.89 Å². The molecular formula is C15H19N3O2. The Morgan fingerprint density at radius 1 is 1.15 bits per heavy atom. The van der Waals surface area contributed by atoms with E-state index in [1.165, 1.54) is 32.1 Å². The summed E-state index contributed by atoms with van der Waals surface area (Å²) >= 11 is 0. The van der Waals surface area contributed by atoms with Crippen molar-refractivity contribution in [1.29, 1.82) is 0 Å². The van der Waals surface area contributed by atoms with Crippen molar-refractivity contribution in [1.82, 2.24) is 10.1 Å². The molecule has 1 aliphatic carbocycles. The number of hydrogen-bond acceptors (Lipinski definition) is 5. The Labute approximate surface area is 118 Å². The first-order valence-corrected chi connectivity index (χ1v) is 7.16. The quantitative estimate of drug-likeness (QED) is 0.835. The lowest BCUT2D eigenvalue weighted by Crippen LogP contribution is -2.06. The number of nitrogens with zero attached hydrogens (tertiary/aromatic N) is 2. The summed E-state index contributed by atoms with van der Waals surface area (Å²) in [6.07, 6.45) is 6.19. The van der Waals surface area contributed by atoms with E-state index in [0.29, 0.717) is 18.4 Å². The third-order valence-electron chi connectivity index (χ3n) is 3.77. The summed E-state index contributed by atoms with van der Waals surface area (Å²) in [6.45, 7) is 0.504. The number of hydrogen-bond donors (Lipinski definition) is 2. The second-order valence-electron chi connectivity index (χ2n) is 5.28. The van der Waals surface area contributed by atoms with E-state index < -0.39 is 0 Å². The van der Waals surface area contributed by atoms with Crippen molar-refractivity contribution < 1.29 is 9.63 Å². The van der Waals surface area contributed by atoms with Crippen molar-refractivity contribution >= 4 is 5.69 Å². The molecule has 3 rings (SSSR count). The molecule has 0 saturated heterocycles. The highest BCUT2D eigenvalue weighted by atomic mass is 16.5. The largest absolute Gasteiger partial charge is 0.508 e. The summed E-state index contributed by atoms with van der Waals surface area (Å²) in [7, 11) is 0. The summed E-state index contributed by atoms with van der Waals surface area (Å²) in [5.41, 5.74) is 0.917. The molecule has 106 valence electrons. The molecule has 0 aliphatic heterocycles. The van der Waals surface area contributed by atoms with Crippen LogP contribution >= 0.6 is 0 Å². The molecule has 20 heavy (non-hydrogen) atoms. The first-order valence-electron chi connectivity index (χ1n) is 7.16. The monoisotopic (exact) mass is 273 g/mol. The molecule has 0 unspecified atom stereocenters. The van der Waals surface area contributed by atoms with E-state index in [-0.39, 0.29) is 5.75 Å². The van der Waals surface area contributed by atoms with Crippen molar-refractivity contribution in [3.8, 4) is 5.75 Å². The maximum absolute atomic E-state index is 9.22. The van der Waals surface area contributed by atoms with Gasteiger partial charge >= 0.3 is 0 Å². The molecule has 2 N–H and O–H groups in total. The van der Waals surface area contributed by atoms with E-state index in [1.54, 1.807) is 12.1 Å². The van der Waals surface area contributed by atoms with Crippen LogP contribution in [-0.2, 0) is 6.54 Å². The lowest BCUT2D eigenvalue weighted by Gasteiger charge is -2.17. The topological polar surface area (TPSA) is 71.2 Å². The summed E-state index contributed by atoms with van der Waals surface area (Å²) in [6, 6.07) is 6.91. The number of nitrogens with one attached hydrogen (secondary N) is 1. The van der Waals surface area contributed by atoms with Crippen molar-refractivity contribution in [2.75, 3.05) is 5.32 Å². The molecule has 1 aromatic carbocycles. The summed E-state index contributed by atoms with van der Waals surface area (Å²) in [5.74, 6) is 2.19. The number of rotatable bonds is 4. The minimum atomic E-state index is 0.257. The SMILES string of the molecule is Oc1ccc(NCc2nc(C3CCCCC3)no2)cc1. The van der Waals surface area contributed by atoms with Crippen LogP contribution in [0.4, 0.5) is 5.69 Å². The number of benzene rings is 1. The first-order chi connectivity index (χ1) is 9.81. The lowest BCUT2D eigenvalue weighted by molar-refractivity contribution is 0.361. The fraction of sp³-hybridized carbons (Fsp3) is 0.467. The van der Waals surface area contributed by atoms with Gasteiger partial charge in [0.05, 0.1) is 6.54 Å². The molecule has 1 aromatic heterocycles. The van der Waals surface area contributed by atoms with Crippen molar-refractivity contribution in [2.24, 2.45) is 0 Å². The Bertz CT molecular complexity index is 545. The summed E-state index contributed by atoms with van der Waals surface area (Å²) in [5, 5.41) is 16.5. The van der Waals surface area contributed by atoms with Crippen LogP contribution in [0.3, 0.4) is 0 Å². The molecule has 0 atom stereocenters. The molecule has 0 bridgehead atoms. The highest BCUT2D eigenvalue weighted by Gasteiger charge is 2.20. The lowest BCUT2D eigenvalue weighted by atomic mass is 9.89. The van der Waals surface area contributed by atoms with Gasteiger partial charge in [-0.15, -0.1) is 0 Å². The molecule has 1 fully saturated rings. The smallest absolute Gasteiger partial charge is 0.245 e. The molecule has 0 spiro atoms. The van der Waals surface area contributed by atoms with Crippen molar-refractivity contribution in [3.05, 3.63) is 36.0 Å². The Balaban J connectivity index is 1.58. The molecule has 5 heteroatoms. The maximum Gasteiger partial charge on any atom is 0.245 e. The molecule has 5 nitrogen and oxygen atoms in total. The average molecular weight is 273 g/mol. The van der Waals surface area contributed by atoms with Crippen LogP contribution in [0.1, 0.15) is 49.7 Å². The van der Waals surface area contributed by atoms with E-state index in [2.05, 4.69) is 15.5 Å². The summed E-state index contributed by atoms with van der Waals surface area (Å²) in [4.78, 5) is 4.48. The van der Waals surface area contributed by atoms with Gasteiger partial charge in [0.1, 0.15) is 5.75 Å². The van der Waals surface area contributed by atoms with Gasteiger partial charge in [0.15, 0.2) is 5.82 Å². The zero-order chi connectivity index (χ0) is 13.8. The van der Waals surface area contributed by atoms with Crippen LogP contribution < -0.4 is 5.32 Å². The Hall–Kier alpha value is -2.04. The van der Waals surface area contributed by atoms with Crippen LogP contribution in [0.25, 0.3) is 0 Å². The Morgan fingerprint density at radius 2 is 1.90 bits per heavy atom. The zero-order valence-corrected chi connectivity index (χ0v) is 11.4. The van der Waals surface area contributed by atoms with Crippen LogP contribution in [0, 0.1) is 0 Å². The van der Waals surface area contributed by atoms with E-state index in [9.17, 15) is 5.11 Å². The first kappa shape index (κ1) is 13.0. The van der Waals surface area contributed by atoms with E-state index >= 15 is 0 Å². The fourth-order valence-corrected chi connectivity index (χ4v) is 2.62. The highest BCUT2D eigenvalue weighted by molar-refractivity contribution is 5.45. The van der Waals surface area contributed by atoms with Gasteiger partial charge in [-0.1, -0.05) is 24.4 Å². The highest BCUT2D eigenvalue weighted by Crippen LogP contribution is 2.30. The molecular weight excluding hydrogens is 254 g/mol. The van der Waals surface area contributed by atoms with Gasteiger partial charge in [-0.05, 0) is 37.1 Å². The van der Waals surface area contributed by atoms with Crippen molar-refractivity contribution in [3.63, 3.8) is 0 Å². The van der Waals surface area contributed by atoms with Crippen LogP contribution in [0.2, 0.25) is 0 Å². The fourth-order valence-electron chi connectivity index (χ4n) is 2.62. The number of aromatic nitrogens is 2. The minimum Gasteiger partial charge on any atom is -0.508 e.